The number of para-hydroxylation sites is 2. The number of hydrogen-bond donors (Lipinski definition) is 2. The smallest absolute Gasteiger partial charge is 0.275 e. The minimum absolute atomic E-state index is 0.000335. The first-order valence-electron chi connectivity index (χ1n) is 8.59. The maximum atomic E-state index is 12.0. The summed E-state index contributed by atoms with van der Waals surface area (Å²) in [6, 6.07) is 15.3. The van der Waals surface area contributed by atoms with Crippen LogP contribution in [0.3, 0.4) is 0 Å². The van der Waals surface area contributed by atoms with Crippen LogP contribution < -0.4 is 24.4 Å². The van der Waals surface area contributed by atoms with Gasteiger partial charge in [0.15, 0.2) is 18.0 Å². The summed E-state index contributed by atoms with van der Waals surface area (Å²) in [5, 5.41) is 2.88. The number of ether oxygens (including phenoxy) is 3. The van der Waals surface area contributed by atoms with Crippen LogP contribution in [-0.4, -0.2) is 46.9 Å². The van der Waals surface area contributed by atoms with Crippen LogP contribution in [-0.2, 0) is 11.3 Å². The van der Waals surface area contributed by atoms with E-state index in [-0.39, 0.29) is 5.91 Å². The summed E-state index contributed by atoms with van der Waals surface area (Å²) >= 11 is 0. The molecule has 0 radical (unpaired) electrons. The number of benzene rings is 2. The molecule has 1 amide bonds. The quantitative estimate of drug-likeness (QED) is 0.619. The van der Waals surface area contributed by atoms with E-state index in [4.69, 9.17) is 14.2 Å². The minimum Gasteiger partial charge on any atom is -0.497 e. The Morgan fingerprint density at radius 3 is 2.35 bits per heavy atom. The lowest BCUT2D eigenvalue weighted by atomic mass is 10.2. The van der Waals surface area contributed by atoms with E-state index in [9.17, 15) is 4.79 Å². The van der Waals surface area contributed by atoms with E-state index < -0.39 is 0 Å². The van der Waals surface area contributed by atoms with Gasteiger partial charge in [-0.05, 0) is 36.4 Å². The Morgan fingerprint density at radius 1 is 1.00 bits per heavy atom. The van der Waals surface area contributed by atoms with Crippen molar-refractivity contribution in [3.8, 4) is 17.2 Å². The molecule has 0 aliphatic carbocycles. The molecule has 0 heterocycles. The van der Waals surface area contributed by atoms with Gasteiger partial charge in [-0.1, -0.05) is 12.1 Å². The van der Waals surface area contributed by atoms with Gasteiger partial charge in [-0.2, -0.15) is 0 Å². The van der Waals surface area contributed by atoms with Crippen molar-refractivity contribution in [2.45, 2.75) is 6.54 Å². The average Bonchev–Trinajstić information content (AvgIpc) is 2.66. The van der Waals surface area contributed by atoms with Crippen LogP contribution in [0.15, 0.2) is 48.5 Å². The normalized spacial score (nSPS) is 11.5. The molecule has 0 fully saturated rings. The second-order valence-electron chi connectivity index (χ2n) is 6.01. The number of carbonyl (C=O) groups excluding carboxylic acids is 1. The fourth-order valence-corrected chi connectivity index (χ4v) is 2.58. The summed E-state index contributed by atoms with van der Waals surface area (Å²) in [4.78, 5) is 13.2. The molecule has 140 valence electrons. The SMILES string of the molecule is COc1ccc(C[NH+](C)CC(=O)NCCOc2ccccc2OC)cc1. The summed E-state index contributed by atoms with van der Waals surface area (Å²) in [5.41, 5.74) is 1.16. The van der Waals surface area contributed by atoms with E-state index in [0.717, 1.165) is 22.8 Å². The van der Waals surface area contributed by atoms with Gasteiger partial charge in [0, 0.05) is 5.56 Å². The van der Waals surface area contributed by atoms with Crippen LogP contribution >= 0.6 is 0 Å². The predicted octanol–water partition coefficient (Wildman–Crippen LogP) is 0.914. The molecule has 2 rings (SSSR count). The van der Waals surface area contributed by atoms with E-state index in [2.05, 4.69) is 5.32 Å². The van der Waals surface area contributed by atoms with E-state index in [1.54, 1.807) is 14.2 Å². The average molecular weight is 359 g/mol. The maximum Gasteiger partial charge on any atom is 0.275 e. The third-order valence-corrected chi connectivity index (χ3v) is 3.88. The lowest BCUT2D eigenvalue weighted by Crippen LogP contribution is -3.08. The fraction of sp³-hybridized carbons (Fsp3) is 0.350. The first-order valence-corrected chi connectivity index (χ1v) is 8.59. The Labute approximate surface area is 154 Å². The molecule has 26 heavy (non-hydrogen) atoms. The van der Waals surface area contributed by atoms with Gasteiger partial charge in [0.1, 0.15) is 18.9 Å². The molecule has 6 nitrogen and oxygen atoms in total. The van der Waals surface area contributed by atoms with Gasteiger partial charge in [-0.25, -0.2) is 0 Å². The molecule has 2 aromatic rings. The highest BCUT2D eigenvalue weighted by molar-refractivity contribution is 5.76. The van der Waals surface area contributed by atoms with Gasteiger partial charge in [-0.15, -0.1) is 0 Å². The summed E-state index contributed by atoms with van der Waals surface area (Å²) in [6.45, 7) is 2.02. The molecule has 0 aliphatic heterocycles. The lowest BCUT2D eigenvalue weighted by Gasteiger charge is -2.14. The van der Waals surface area contributed by atoms with Crippen molar-refractivity contribution in [2.75, 3.05) is 41.0 Å². The van der Waals surface area contributed by atoms with Crippen LogP contribution in [0.2, 0.25) is 0 Å². The molecule has 0 spiro atoms. The van der Waals surface area contributed by atoms with Crippen LogP contribution in [0.1, 0.15) is 5.56 Å². The van der Waals surface area contributed by atoms with Crippen LogP contribution in [0.4, 0.5) is 0 Å². The number of methoxy groups -OCH3 is 2. The van der Waals surface area contributed by atoms with Gasteiger partial charge >= 0.3 is 0 Å². The predicted molar refractivity (Wildman–Crippen MR) is 100.0 cm³/mol. The van der Waals surface area contributed by atoms with Crippen molar-refractivity contribution in [1.29, 1.82) is 0 Å². The molecular weight excluding hydrogens is 332 g/mol. The zero-order valence-electron chi connectivity index (χ0n) is 15.6. The highest BCUT2D eigenvalue weighted by Gasteiger charge is 2.10. The van der Waals surface area contributed by atoms with E-state index in [1.807, 2.05) is 55.6 Å². The zero-order valence-corrected chi connectivity index (χ0v) is 15.6. The van der Waals surface area contributed by atoms with Gasteiger partial charge in [-0.3, -0.25) is 4.79 Å². The molecule has 0 saturated carbocycles. The van der Waals surface area contributed by atoms with Crippen molar-refractivity contribution in [3.63, 3.8) is 0 Å². The van der Waals surface area contributed by atoms with Crippen molar-refractivity contribution < 1.29 is 23.9 Å². The lowest BCUT2D eigenvalue weighted by molar-refractivity contribution is -0.885. The second kappa shape index (κ2) is 10.3. The van der Waals surface area contributed by atoms with Crippen LogP contribution in [0.5, 0.6) is 17.2 Å². The van der Waals surface area contributed by atoms with Gasteiger partial charge < -0.3 is 24.4 Å². The zero-order chi connectivity index (χ0) is 18.8. The molecule has 0 bridgehead atoms. The summed E-state index contributed by atoms with van der Waals surface area (Å²) in [6.07, 6.45) is 0. The topological polar surface area (TPSA) is 61.2 Å². The Morgan fingerprint density at radius 2 is 1.69 bits per heavy atom. The Balaban J connectivity index is 1.67. The minimum atomic E-state index is -0.000335. The number of amides is 1. The van der Waals surface area contributed by atoms with Gasteiger partial charge in [0.2, 0.25) is 0 Å². The fourth-order valence-electron chi connectivity index (χ4n) is 2.58. The third-order valence-electron chi connectivity index (χ3n) is 3.88. The van der Waals surface area contributed by atoms with E-state index in [1.165, 1.54) is 0 Å². The van der Waals surface area contributed by atoms with Crippen molar-refractivity contribution in [1.82, 2.24) is 5.32 Å². The molecule has 2 aromatic carbocycles. The van der Waals surface area contributed by atoms with Crippen molar-refractivity contribution in [3.05, 3.63) is 54.1 Å². The third kappa shape index (κ3) is 6.29. The number of likely N-dealkylation sites (N-methyl/N-ethyl adjacent to an activating group) is 1. The molecule has 6 heteroatoms. The number of nitrogens with one attached hydrogen (secondary N) is 2. The molecule has 1 atom stereocenters. The summed E-state index contributed by atoms with van der Waals surface area (Å²) in [7, 11) is 5.24. The molecule has 0 aromatic heterocycles. The van der Waals surface area contributed by atoms with Crippen molar-refractivity contribution >= 4 is 5.91 Å². The molecule has 0 aliphatic rings. The number of rotatable bonds is 10. The van der Waals surface area contributed by atoms with E-state index in [0.29, 0.717) is 31.2 Å². The highest BCUT2D eigenvalue weighted by atomic mass is 16.5. The van der Waals surface area contributed by atoms with E-state index >= 15 is 0 Å². The molecular formula is C20H27N2O4+. The van der Waals surface area contributed by atoms with Gasteiger partial charge in [0.05, 0.1) is 27.8 Å². The first kappa shape index (κ1) is 19.6. The number of quaternary nitrogens is 1. The molecule has 1 unspecified atom stereocenters. The summed E-state index contributed by atoms with van der Waals surface area (Å²) < 4.78 is 16.0. The number of hydrogen-bond acceptors (Lipinski definition) is 4. The molecule has 2 N–H and O–H groups in total. The summed E-state index contributed by atoms with van der Waals surface area (Å²) in [5.74, 6) is 2.19. The van der Waals surface area contributed by atoms with Crippen LogP contribution in [0, 0.1) is 0 Å². The van der Waals surface area contributed by atoms with Crippen LogP contribution in [0.25, 0.3) is 0 Å². The Hall–Kier alpha value is -2.73. The monoisotopic (exact) mass is 359 g/mol. The Kier molecular flexibility index (Phi) is 7.76. The standard InChI is InChI=1S/C20H26N2O4/c1-22(14-16-8-10-17(24-2)11-9-16)15-20(23)21-12-13-26-19-7-5-4-6-18(19)25-3/h4-11H,12-15H2,1-3H3,(H,21,23)/p+1. The van der Waals surface area contributed by atoms with Gasteiger partial charge in [0.25, 0.3) is 5.91 Å². The second-order valence-corrected chi connectivity index (χ2v) is 6.01. The molecule has 0 saturated heterocycles. The first-order chi connectivity index (χ1) is 12.6. The Bertz CT molecular complexity index is 688. The maximum absolute atomic E-state index is 12.0. The largest absolute Gasteiger partial charge is 0.497 e. The van der Waals surface area contributed by atoms with Crippen molar-refractivity contribution in [2.24, 2.45) is 0 Å². The number of carbonyl (C=O) groups is 1. The highest BCUT2D eigenvalue weighted by Crippen LogP contribution is 2.25.